The van der Waals surface area contributed by atoms with E-state index in [0.29, 0.717) is 34.8 Å². The second kappa shape index (κ2) is 9.18. The fourth-order valence-electron chi connectivity index (χ4n) is 6.68. The molecule has 9 heteroatoms. The summed E-state index contributed by atoms with van der Waals surface area (Å²) < 4.78 is 16.7. The molecule has 0 amide bonds. The highest BCUT2D eigenvalue weighted by molar-refractivity contribution is 6.35. The van der Waals surface area contributed by atoms with Crippen molar-refractivity contribution in [1.29, 1.82) is 0 Å². The molecule has 0 spiro atoms. The minimum absolute atomic E-state index is 0.0544. The minimum Gasteiger partial charge on any atom is -0.508 e. The normalized spacial score (nSPS) is 23.3. The zero-order valence-electron chi connectivity index (χ0n) is 22.1. The molecule has 3 aromatic carbocycles. The number of phenols is 1. The van der Waals surface area contributed by atoms with E-state index in [4.69, 9.17) is 27.3 Å². The predicted molar refractivity (Wildman–Crippen MR) is 155 cm³/mol. The summed E-state index contributed by atoms with van der Waals surface area (Å²) in [5, 5.41) is 13.0. The van der Waals surface area contributed by atoms with Crippen molar-refractivity contribution in [2.75, 3.05) is 50.1 Å². The molecule has 3 fully saturated rings. The summed E-state index contributed by atoms with van der Waals surface area (Å²) in [5.41, 5.74) is 7.53. The molecule has 2 bridgehead atoms. The van der Waals surface area contributed by atoms with E-state index < -0.39 is 5.82 Å². The van der Waals surface area contributed by atoms with Gasteiger partial charge in [-0.3, -0.25) is 0 Å². The van der Waals surface area contributed by atoms with Gasteiger partial charge < -0.3 is 25.5 Å². The van der Waals surface area contributed by atoms with Gasteiger partial charge in [0.25, 0.3) is 0 Å². The van der Waals surface area contributed by atoms with Gasteiger partial charge in [-0.15, -0.1) is 0 Å². The molecule has 0 radical (unpaired) electrons. The molecule has 1 aromatic heterocycles. The van der Waals surface area contributed by atoms with E-state index >= 15 is 4.39 Å². The van der Waals surface area contributed by atoms with E-state index in [-0.39, 0.29) is 27.9 Å². The van der Waals surface area contributed by atoms with Crippen LogP contribution in [0.3, 0.4) is 0 Å². The van der Waals surface area contributed by atoms with Crippen LogP contribution in [0.5, 0.6) is 5.75 Å². The van der Waals surface area contributed by atoms with Crippen LogP contribution >= 0.6 is 11.6 Å². The zero-order chi connectivity index (χ0) is 27.0. The minimum atomic E-state index is -0.500. The van der Waals surface area contributed by atoms with Crippen molar-refractivity contribution in [2.24, 2.45) is 17.6 Å². The van der Waals surface area contributed by atoms with Crippen molar-refractivity contribution < 1.29 is 9.50 Å². The van der Waals surface area contributed by atoms with Crippen molar-refractivity contribution in [3.05, 3.63) is 53.3 Å². The third-order valence-corrected chi connectivity index (χ3v) is 9.35. The largest absolute Gasteiger partial charge is 0.508 e. The van der Waals surface area contributed by atoms with Crippen molar-refractivity contribution >= 4 is 45.0 Å². The van der Waals surface area contributed by atoms with Crippen LogP contribution in [0.2, 0.25) is 5.02 Å². The molecule has 2 aliphatic heterocycles. The predicted octanol–water partition coefficient (Wildman–Crippen LogP) is 4.87. The third kappa shape index (κ3) is 4.00. The SMILES string of the molecule is CN(C)C1CN(c2nc(N3C[C@H]4CC[C@@H](C3)C4N)c3cc(Cl)c(-c4cc(O)cc5ccccc45)c(F)c3n2)C1. The van der Waals surface area contributed by atoms with Crippen LogP contribution in [-0.2, 0) is 0 Å². The molecular weight excluding hydrogens is 515 g/mol. The number of piperidine rings is 1. The van der Waals surface area contributed by atoms with E-state index in [2.05, 4.69) is 28.8 Å². The van der Waals surface area contributed by atoms with Crippen molar-refractivity contribution in [3.8, 4) is 16.9 Å². The average Bonchev–Trinajstić information content (AvgIpc) is 3.07. The van der Waals surface area contributed by atoms with Gasteiger partial charge in [0.05, 0.1) is 5.02 Å². The number of anilines is 2. The summed E-state index contributed by atoms with van der Waals surface area (Å²) in [6.07, 6.45) is 2.22. The third-order valence-electron chi connectivity index (χ3n) is 9.05. The van der Waals surface area contributed by atoms with Crippen LogP contribution in [0.1, 0.15) is 12.8 Å². The Bertz CT molecular complexity index is 1590. The Labute approximate surface area is 232 Å². The number of benzene rings is 3. The second-order valence-corrected chi connectivity index (χ2v) is 12.0. The standard InChI is InChI=1S/C30H32ClFN6O/c1-36(2)19-14-38(15-19)30-34-28-23(29(35-30)37-12-17-7-8-18(13-37)27(17)33)11-24(31)25(26(28)32)22-10-20(39)9-16-5-3-4-6-21(16)22/h3-6,9-11,17-19,27,39H,7-8,12-15,33H2,1-2H3/t17-,18+,27?. The quantitative estimate of drug-likeness (QED) is 0.378. The Kier molecular flexibility index (Phi) is 5.84. The topological polar surface area (TPSA) is 81.8 Å². The molecule has 3 aliphatic rings. The number of fused-ring (bicyclic) bond motifs is 4. The molecule has 1 unspecified atom stereocenters. The molecule has 7 nitrogen and oxygen atoms in total. The van der Waals surface area contributed by atoms with Crippen LogP contribution in [0.4, 0.5) is 16.2 Å². The number of hydrogen-bond donors (Lipinski definition) is 2. The first-order valence-corrected chi connectivity index (χ1v) is 14.0. The smallest absolute Gasteiger partial charge is 0.228 e. The number of halogens is 2. The molecule has 202 valence electrons. The van der Waals surface area contributed by atoms with Crippen molar-refractivity contribution in [3.63, 3.8) is 0 Å². The molecule has 3 N–H and O–H groups in total. The highest BCUT2D eigenvalue weighted by Crippen LogP contribution is 2.44. The Hall–Kier alpha value is -3.20. The van der Waals surface area contributed by atoms with Gasteiger partial charge in [0, 0.05) is 49.2 Å². The lowest BCUT2D eigenvalue weighted by molar-refractivity contribution is 0.245. The summed E-state index contributed by atoms with van der Waals surface area (Å²) in [7, 11) is 4.13. The monoisotopic (exact) mass is 546 g/mol. The number of rotatable bonds is 4. The molecule has 4 aromatic rings. The highest BCUT2D eigenvalue weighted by Gasteiger charge is 2.41. The van der Waals surface area contributed by atoms with Crippen LogP contribution < -0.4 is 15.5 Å². The second-order valence-electron chi connectivity index (χ2n) is 11.6. The fourth-order valence-corrected chi connectivity index (χ4v) is 6.98. The summed E-state index contributed by atoms with van der Waals surface area (Å²) in [4.78, 5) is 16.4. The fraction of sp³-hybridized carbons (Fsp3) is 0.400. The lowest BCUT2D eigenvalue weighted by atomic mass is 9.92. The van der Waals surface area contributed by atoms with E-state index in [1.54, 1.807) is 18.2 Å². The number of nitrogens with zero attached hydrogens (tertiary/aromatic N) is 5. The molecule has 2 saturated heterocycles. The number of aromatic nitrogens is 2. The maximum Gasteiger partial charge on any atom is 0.228 e. The molecule has 1 aliphatic carbocycles. The van der Waals surface area contributed by atoms with Gasteiger partial charge in [0.2, 0.25) is 5.95 Å². The van der Waals surface area contributed by atoms with E-state index in [1.807, 2.05) is 24.3 Å². The Morgan fingerprint density at radius 2 is 1.69 bits per heavy atom. The van der Waals surface area contributed by atoms with Gasteiger partial charge >= 0.3 is 0 Å². The molecule has 39 heavy (non-hydrogen) atoms. The molecule has 1 saturated carbocycles. The average molecular weight is 547 g/mol. The molecule has 7 rings (SSSR count). The summed E-state index contributed by atoms with van der Waals surface area (Å²) >= 11 is 6.86. The number of likely N-dealkylation sites (N-methyl/N-ethyl adjacent to an activating group) is 1. The lowest BCUT2D eigenvalue weighted by Gasteiger charge is -2.43. The van der Waals surface area contributed by atoms with E-state index in [9.17, 15) is 5.11 Å². The summed E-state index contributed by atoms with van der Waals surface area (Å²) in [6.45, 7) is 3.16. The molecule has 3 heterocycles. The van der Waals surface area contributed by atoms with Crippen molar-refractivity contribution in [2.45, 2.75) is 24.9 Å². The number of phenolic OH excluding ortho intramolecular Hbond substituents is 1. The molecule has 3 atom stereocenters. The van der Waals surface area contributed by atoms with Crippen LogP contribution in [0.25, 0.3) is 32.8 Å². The maximum absolute atomic E-state index is 16.7. The first-order valence-electron chi connectivity index (χ1n) is 13.6. The summed E-state index contributed by atoms with van der Waals surface area (Å²) in [6, 6.07) is 13.2. The van der Waals surface area contributed by atoms with Crippen LogP contribution in [-0.4, -0.2) is 72.3 Å². The Morgan fingerprint density at radius 3 is 2.41 bits per heavy atom. The zero-order valence-corrected chi connectivity index (χ0v) is 22.9. The van der Waals surface area contributed by atoms with Gasteiger partial charge in [-0.1, -0.05) is 35.9 Å². The van der Waals surface area contributed by atoms with Gasteiger partial charge in [0.15, 0.2) is 5.82 Å². The van der Waals surface area contributed by atoms with Crippen LogP contribution in [0, 0.1) is 17.7 Å². The van der Waals surface area contributed by atoms with Gasteiger partial charge in [0.1, 0.15) is 17.1 Å². The van der Waals surface area contributed by atoms with Gasteiger partial charge in [-0.2, -0.15) is 4.98 Å². The number of aromatic hydroxyl groups is 1. The molecular formula is C30H32ClFN6O. The van der Waals surface area contributed by atoms with E-state index in [0.717, 1.165) is 55.6 Å². The van der Waals surface area contributed by atoms with Gasteiger partial charge in [-0.05, 0) is 73.3 Å². The number of nitrogens with two attached hydrogens (primary N) is 1. The first-order chi connectivity index (χ1) is 18.8. The maximum atomic E-state index is 16.7. The lowest BCUT2D eigenvalue weighted by Crippen LogP contribution is -2.58. The van der Waals surface area contributed by atoms with Gasteiger partial charge in [-0.25, -0.2) is 9.37 Å². The number of hydrogen-bond acceptors (Lipinski definition) is 7. The Balaban J connectivity index is 1.42. The van der Waals surface area contributed by atoms with Crippen LogP contribution in [0.15, 0.2) is 42.5 Å². The summed E-state index contributed by atoms with van der Waals surface area (Å²) in [5.74, 6) is 1.61. The van der Waals surface area contributed by atoms with Crippen molar-refractivity contribution in [1.82, 2.24) is 14.9 Å². The highest BCUT2D eigenvalue weighted by atomic mass is 35.5. The first kappa shape index (κ1) is 24.8. The van der Waals surface area contributed by atoms with E-state index in [1.165, 1.54) is 0 Å². The Morgan fingerprint density at radius 1 is 0.974 bits per heavy atom.